The van der Waals surface area contributed by atoms with E-state index in [1.54, 1.807) is 7.11 Å². The van der Waals surface area contributed by atoms with Crippen LogP contribution in [0.4, 0.5) is 0 Å². The lowest BCUT2D eigenvalue weighted by molar-refractivity contribution is 0.0972. The molecule has 3 heteroatoms. The Bertz CT molecular complexity index is 340. The summed E-state index contributed by atoms with van der Waals surface area (Å²) in [4.78, 5) is 0. The van der Waals surface area contributed by atoms with Gasteiger partial charge in [-0.05, 0) is 36.8 Å². The number of nitrogens with one attached hydrogen (secondary N) is 1. The molecule has 0 aromatic heterocycles. The van der Waals surface area contributed by atoms with Crippen molar-refractivity contribution in [2.45, 2.75) is 26.7 Å². The predicted molar refractivity (Wildman–Crippen MR) is 88.7 cm³/mol. The first-order chi connectivity index (χ1) is 10.2. The third-order valence-corrected chi connectivity index (χ3v) is 3.40. The van der Waals surface area contributed by atoms with Crippen molar-refractivity contribution >= 4 is 0 Å². The van der Waals surface area contributed by atoms with Gasteiger partial charge in [-0.25, -0.2) is 0 Å². The minimum atomic E-state index is 0.608. The second kappa shape index (κ2) is 11.7. The Labute approximate surface area is 130 Å². The zero-order valence-corrected chi connectivity index (χ0v) is 13.8. The normalized spacial score (nSPS) is 12.8. The fraction of sp³-hybridized carbons (Fsp3) is 0.667. The average Bonchev–Trinajstić information content (AvgIpc) is 2.48. The molecule has 120 valence electrons. The van der Waals surface area contributed by atoms with Crippen LogP contribution in [0, 0.1) is 11.8 Å². The lowest BCUT2D eigenvalue weighted by atomic mass is 9.96. The van der Waals surface area contributed by atoms with Gasteiger partial charge < -0.3 is 14.8 Å². The lowest BCUT2D eigenvalue weighted by Crippen LogP contribution is -2.28. The predicted octanol–water partition coefficient (Wildman–Crippen LogP) is 3.14. The van der Waals surface area contributed by atoms with E-state index in [1.807, 2.05) is 0 Å². The van der Waals surface area contributed by atoms with Crippen LogP contribution in [0.5, 0.6) is 0 Å². The number of methoxy groups -OCH3 is 1. The van der Waals surface area contributed by atoms with Crippen LogP contribution in [0.1, 0.15) is 25.8 Å². The molecule has 0 aliphatic rings. The number of rotatable bonds is 12. The molecule has 0 heterocycles. The van der Waals surface area contributed by atoms with Crippen LogP contribution in [0.2, 0.25) is 0 Å². The third-order valence-electron chi connectivity index (χ3n) is 3.40. The van der Waals surface area contributed by atoms with Crippen LogP contribution >= 0.6 is 0 Å². The first-order valence-corrected chi connectivity index (χ1v) is 8.03. The van der Waals surface area contributed by atoms with Crippen molar-refractivity contribution in [2.24, 2.45) is 11.8 Å². The Hall–Kier alpha value is -0.900. The Morgan fingerprint density at radius 3 is 2.52 bits per heavy atom. The maximum atomic E-state index is 5.74. The minimum absolute atomic E-state index is 0.608. The molecule has 1 aromatic rings. The molecule has 1 atom stereocenters. The second-order valence-electron chi connectivity index (χ2n) is 6.01. The van der Waals surface area contributed by atoms with Crippen LogP contribution in [0.3, 0.4) is 0 Å². The van der Waals surface area contributed by atoms with Gasteiger partial charge in [-0.1, -0.05) is 44.2 Å². The summed E-state index contributed by atoms with van der Waals surface area (Å²) in [5.41, 5.74) is 1.40. The zero-order valence-electron chi connectivity index (χ0n) is 13.8. The van der Waals surface area contributed by atoms with Crippen LogP contribution < -0.4 is 5.32 Å². The highest BCUT2D eigenvalue weighted by Gasteiger charge is 2.10. The molecule has 0 amide bonds. The summed E-state index contributed by atoms with van der Waals surface area (Å²) in [7, 11) is 1.74. The van der Waals surface area contributed by atoms with E-state index in [2.05, 4.69) is 49.5 Å². The molecule has 1 rings (SSSR count). The molecule has 0 radical (unpaired) electrons. The molecule has 0 fully saturated rings. The molecular weight excluding hydrogens is 262 g/mol. The van der Waals surface area contributed by atoms with E-state index in [4.69, 9.17) is 9.47 Å². The summed E-state index contributed by atoms with van der Waals surface area (Å²) in [5.74, 6) is 1.22. The molecule has 0 aliphatic heterocycles. The largest absolute Gasteiger partial charge is 0.383 e. The van der Waals surface area contributed by atoms with E-state index in [-0.39, 0.29) is 0 Å². The van der Waals surface area contributed by atoms with E-state index in [9.17, 15) is 0 Å². The van der Waals surface area contributed by atoms with Gasteiger partial charge >= 0.3 is 0 Å². The molecule has 0 bridgehead atoms. The first kappa shape index (κ1) is 18.1. The van der Waals surface area contributed by atoms with E-state index in [0.29, 0.717) is 11.8 Å². The molecule has 3 nitrogen and oxygen atoms in total. The van der Waals surface area contributed by atoms with Crippen molar-refractivity contribution in [1.82, 2.24) is 5.32 Å². The highest BCUT2D eigenvalue weighted by Crippen LogP contribution is 2.12. The van der Waals surface area contributed by atoms with Crippen LogP contribution in [-0.4, -0.2) is 40.0 Å². The molecule has 21 heavy (non-hydrogen) atoms. The number of hydrogen-bond donors (Lipinski definition) is 1. The van der Waals surface area contributed by atoms with Crippen LogP contribution in [0.15, 0.2) is 30.3 Å². The van der Waals surface area contributed by atoms with Gasteiger partial charge in [0.05, 0.1) is 6.61 Å². The molecule has 1 unspecified atom stereocenters. The zero-order chi connectivity index (χ0) is 15.3. The summed E-state index contributed by atoms with van der Waals surface area (Å²) in [6.45, 7) is 8.78. The van der Waals surface area contributed by atoms with Gasteiger partial charge in [0.2, 0.25) is 0 Å². The fourth-order valence-electron chi connectivity index (χ4n) is 2.27. The third kappa shape index (κ3) is 9.62. The highest BCUT2D eigenvalue weighted by atomic mass is 16.5. The molecule has 1 N–H and O–H groups in total. The topological polar surface area (TPSA) is 30.5 Å². The summed E-state index contributed by atoms with van der Waals surface area (Å²) in [6.07, 6.45) is 2.20. The van der Waals surface area contributed by atoms with E-state index in [1.165, 1.54) is 5.56 Å². The monoisotopic (exact) mass is 293 g/mol. The van der Waals surface area contributed by atoms with Crippen LogP contribution in [0.25, 0.3) is 0 Å². The fourth-order valence-corrected chi connectivity index (χ4v) is 2.27. The van der Waals surface area contributed by atoms with Crippen molar-refractivity contribution in [3.8, 4) is 0 Å². The van der Waals surface area contributed by atoms with Gasteiger partial charge in [0, 0.05) is 26.9 Å². The molecule has 0 spiro atoms. The number of hydrogen-bond acceptors (Lipinski definition) is 3. The molecular formula is C18H31NO2. The van der Waals surface area contributed by atoms with Crippen molar-refractivity contribution in [2.75, 3.05) is 40.0 Å². The van der Waals surface area contributed by atoms with Gasteiger partial charge in [-0.3, -0.25) is 0 Å². The SMILES string of the molecule is COCCNCC(CCOCC(C)C)Cc1ccccc1. The van der Waals surface area contributed by atoms with Gasteiger partial charge in [0.1, 0.15) is 0 Å². The van der Waals surface area contributed by atoms with E-state index in [0.717, 1.165) is 45.8 Å². The average molecular weight is 293 g/mol. The maximum absolute atomic E-state index is 5.74. The molecule has 0 saturated carbocycles. The summed E-state index contributed by atoms with van der Waals surface area (Å²) < 4.78 is 10.8. The number of benzene rings is 1. The molecule has 0 aliphatic carbocycles. The summed E-state index contributed by atoms with van der Waals surface area (Å²) in [5, 5.41) is 3.48. The Kier molecular flexibility index (Phi) is 10.1. The van der Waals surface area contributed by atoms with Crippen molar-refractivity contribution in [3.63, 3.8) is 0 Å². The Morgan fingerprint density at radius 1 is 1.10 bits per heavy atom. The Balaban J connectivity index is 2.34. The minimum Gasteiger partial charge on any atom is -0.383 e. The first-order valence-electron chi connectivity index (χ1n) is 8.03. The smallest absolute Gasteiger partial charge is 0.0587 e. The van der Waals surface area contributed by atoms with E-state index < -0.39 is 0 Å². The lowest BCUT2D eigenvalue weighted by Gasteiger charge is -2.18. The summed E-state index contributed by atoms with van der Waals surface area (Å²) >= 11 is 0. The highest BCUT2D eigenvalue weighted by molar-refractivity contribution is 5.15. The standard InChI is InChI=1S/C18H31NO2/c1-16(2)15-21-11-9-18(14-19-10-12-20-3)13-17-7-5-4-6-8-17/h4-8,16,18-19H,9-15H2,1-3H3. The summed E-state index contributed by atoms with van der Waals surface area (Å²) in [6, 6.07) is 10.7. The van der Waals surface area contributed by atoms with Gasteiger partial charge in [-0.15, -0.1) is 0 Å². The van der Waals surface area contributed by atoms with E-state index >= 15 is 0 Å². The Morgan fingerprint density at radius 2 is 1.86 bits per heavy atom. The number of ether oxygens (including phenoxy) is 2. The maximum Gasteiger partial charge on any atom is 0.0587 e. The van der Waals surface area contributed by atoms with Crippen molar-refractivity contribution in [1.29, 1.82) is 0 Å². The van der Waals surface area contributed by atoms with Gasteiger partial charge in [0.15, 0.2) is 0 Å². The van der Waals surface area contributed by atoms with Gasteiger partial charge in [0.25, 0.3) is 0 Å². The van der Waals surface area contributed by atoms with Crippen molar-refractivity contribution < 1.29 is 9.47 Å². The molecule has 0 saturated heterocycles. The van der Waals surface area contributed by atoms with Crippen LogP contribution in [-0.2, 0) is 15.9 Å². The quantitative estimate of drug-likeness (QED) is 0.601. The second-order valence-corrected chi connectivity index (χ2v) is 6.01. The molecule has 1 aromatic carbocycles. The van der Waals surface area contributed by atoms with Gasteiger partial charge in [-0.2, -0.15) is 0 Å². The van der Waals surface area contributed by atoms with Crippen molar-refractivity contribution in [3.05, 3.63) is 35.9 Å².